The van der Waals surface area contributed by atoms with E-state index in [1.807, 2.05) is 6.92 Å². The van der Waals surface area contributed by atoms with Gasteiger partial charge >= 0.3 is 5.97 Å². The first-order valence-corrected chi connectivity index (χ1v) is 10.1. The molecule has 0 radical (unpaired) electrons. The average molecular weight is 478 g/mol. The summed E-state index contributed by atoms with van der Waals surface area (Å²) in [6, 6.07) is 0.879. The Hall–Kier alpha value is -0.570. The van der Waals surface area contributed by atoms with Gasteiger partial charge in [0.05, 0.1) is 12.5 Å². The maximum absolute atomic E-state index is 11.9. The van der Waals surface area contributed by atoms with Crippen molar-refractivity contribution >= 4 is 35.9 Å². The van der Waals surface area contributed by atoms with Gasteiger partial charge in [-0.25, -0.2) is 0 Å². The van der Waals surface area contributed by atoms with Gasteiger partial charge in [-0.3, -0.25) is 9.79 Å². The molecule has 2 aliphatic heterocycles. The number of nitrogens with one attached hydrogen (secondary N) is 1. The average Bonchev–Trinajstić information content (AvgIpc) is 3.37. The summed E-state index contributed by atoms with van der Waals surface area (Å²) in [5.74, 6) is 1.75. The zero-order chi connectivity index (χ0) is 17.6. The van der Waals surface area contributed by atoms with E-state index < -0.39 is 0 Å². The van der Waals surface area contributed by atoms with E-state index in [0.29, 0.717) is 12.5 Å². The number of rotatable bonds is 6. The number of carbonyl (C=O) groups excluding carboxylic acids is 1. The van der Waals surface area contributed by atoms with Gasteiger partial charge in [0, 0.05) is 38.8 Å². The number of aliphatic imine (C=N–C) groups is 1. The number of nitrogens with zero attached hydrogens (tertiary/aromatic N) is 3. The van der Waals surface area contributed by atoms with Crippen molar-refractivity contribution in [3.8, 4) is 0 Å². The standard InChI is InChI=1S/C19H34N4O2.HI/c1-3-20-19(21-13-15-7-10-23(14-15)17-5-6-17)22-11-8-16(9-12-22)18(24)25-4-2;/h15-17H,3-14H2,1-2H3,(H,20,21);1H. The van der Waals surface area contributed by atoms with Gasteiger partial charge in [-0.15, -0.1) is 24.0 Å². The molecule has 7 heteroatoms. The van der Waals surface area contributed by atoms with Crippen molar-refractivity contribution in [1.29, 1.82) is 0 Å². The van der Waals surface area contributed by atoms with Crippen molar-refractivity contribution in [2.24, 2.45) is 16.8 Å². The monoisotopic (exact) mass is 478 g/mol. The van der Waals surface area contributed by atoms with E-state index in [4.69, 9.17) is 9.73 Å². The van der Waals surface area contributed by atoms with Gasteiger partial charge in [-0.2, -0.15) is 0 Å². The number of halogens is 1. The van der Waals surface area contributed by atoms with E-state index in [9.17, 15) is 4.79 Å². The second kappa shape index (κ2) is 10.7. The third kappa shape index (κ3) is 5.97. The fourth-order valence-corrected chi connectivity index (χ4v) is 4.01. The number of esters is 1. The topological polar surface area (TPSA) is 57.2 Å². The summed E-state index contributed by atoms with van der Waals surface area (Å²) < 4.78 is 5.17. The Morgan fingerprint density at radius 2 is 1.85 bits per heavy atom. The predicted octanol–water partition coefficient (Wildman–Crippen LogP) is 2.33. The summed E-state index contributed by atoms with van der Waals surface area (Å²) in [5.41, 5.74) is 0. The van der Waals surface area contributed by atoms with Gasteiger partial charge in [0.1, 0.15) is 0 Å². The van der Waals surface area contributed by atoms with Crippen molar-refractivity contribution in [2.45, 2.75) is 52.0 Å². The van der Waals surface area contributed by atoms with Crippen LogP contribution in [0.2, 0.25) is 0 Å². The van der Waals surface area contributed by atoms with Crippen LogP contribution in [0.1, 0.15) is 46.0 Å². The quantitative estimate of drug-likeness (QED) is 0.275. The van der Waals surface area contributed by atoms with Gasteiger partial charge in [-0.05, 0) is 58.4 Å². The molecule has 6 nitrogen and oxygen atoms in total. The molecule has 0 aromatic rings. The van der Waals surface area contributed by atoms with Crippen LogP contribution < -0.4 is 5.32 Å². The molecule has 0 aromatic heterocycles. The number of guanidine groups is 1. The van der Waals surface area contributed by atoms with Gasteiger partial charge < -0.3 is 19.9 Å². The summed E-state index contributed by atoms with van der Waals surface area (Å²) >= 11 is 0. The largest absolute Gasteiger partial charge is 0.466 e. The van der Waals surface area contributed by atoms with E-state index in [-0.39, 0.29) is 35.9 Å². The lowest BCUT2D eigenvalue weighted by Gasteiger charge is -2.33. The third-order valence-corrected chi connectivity index (χ3v) is 5.63. The normalized spacial score (nSPS) is 25.1. The smallest absolute Gasteiger partial charge is 0.309 e. The van der Waals surface area contributed by atoms with Crippen LogP contribution in [0.25, 0.3) is 0 Å². The number of likely N-dealkylation sites (tertiary alicyclic amines) is 2. The molecule has 1 saturated carbocycles. The Kier molecular flexibility index (Phi) is 8.93. The zero-order valence-electron chi connectivity index (χ0n) is 16.3. The van der Waals surface area contributed by atoms with Crippen molar-refractivity contribution in [2.75, 3.05) is 45.9 Å². The molecule has 2 saturated heterocycles. The number of piperidine rings is 1. The highest BCUT2D eigenvalue weighted by atomic mass is 127. The molecule has 150 valence electrons. The minimum Gasteiger partial charge on any atom is -0.466 e. The maximum atomic E-state index is 11.9. The Bertz CT molecular complexity index is 476. The third-order valence-electron chi connectivity index (χ3n) is 5.63. The predicted molar refractivity (Wildman–Crippen MR) is 115 cm³/mol. The highest BCUT2D eigenvalue weighted by Gasteiger charge is 2.34. The van der Waals surface area contributed by atoms with Crippen LogP contribution in [0.5, 0.6) is 0 Å². The lowest BCUT2D eigenvalue weighted by atomic mass is 9.97. The van der Waals surface area contributed by atoms with E-state index in [0.717, 1.165) is 51.0 Å². The van der Waals surface area contributed by atoms with E-state index >= 15 is 0 Å². The molecule has 2 heterocycles. The van der Waals surface area contributed by atoms with Crippen LogP contribution in [-0.2, 0) is 9.53 Å². The summed E-state index contributed by atoms with van der Waals surface area (Å²) in [4.78, 5) is 21.8. The molecule has 1 unspecified atom stereocenters. The van der Waals surface area contributed by atoms with E-state index in [1.54, 1.807) is 0 Å². The van der Waals surface area contributed by atoms with Gasteiger partial charge in [0.25, 0.3) is 0 Å². The molecule has 26 heavy (non-hydrogen) atoms. The zero-order valence-corrected chi connectivity index (χ0v) is 18.6. The van der Waals surface area contributed by atoms with Crippen molar-refractivity contribution < 1.29 is 9.53 Å². The maximum Gasteiger partial charge on any atom is 0.309 e. The Morgan fingerprint density at radius 3 is 2.46 bits per heavy atom. The molecule has 1 N–H and O–H groups in total. The first-order valence-electron chi connectivity index (χ1n) is 10.1. The first kappa shape index (κ1) is 21.7. The lowest BCUT2D eigenvalue weighted by Crippen LogP contribution is -2.47. The number of ether oxygens (including phenoxy) is 1. The molecule has 0 bridgehead atoms. The fourth-order valence-electron chi connectivity index (χ4n) is 4.01. The Labute approximate surface area is 175 Å². The molecule has 0 amide bonds. The number of carbonyl (C=O) groups is 1. The molecule has 1 atom stereocenters. The first-order chi connectivity index (χ1) is 12.2. The van der Waals surface area contributed by atoms with Crippen LogP contribution in [0.15, 0.2) is 4.99 Å². The van der Waals surface area contributed by atoms with E-state index in [2.05, 4.69) is 22.0 Å². The van der Waals surface area contributed by atoms with Gasteiger partial charge in [-0.1, -0.05) is 0 Å². The van der Waals surface area contributed by atoms with Crippen LogP contribution in [0, 0.1) is 11.8 Å². The summed E-state index contributed by atoms with van der Waals surface area (Å²) in [7, 11) is 0. The molecule has 3 aliphatic rings. The van der Waals surface area contributed by atoms with Crippen LogP contribution in [-0.4, -0.2) is 73.6 Å². The molecule has 0 aromatic carbocycles. The minimum absolute atomic E-state index is 0. The van der Waals surface area contributed by atoms with E-state index in [1.165, 1.54) is 32.4 Å². The lowest BCUT2D eigenvalue weighted by molar-refractivity contribution is -0.149. The highest BCUT2D eigenvalue weighted by Crippen LogP contribution is 2.31. The summed E-state index contributed by atoms with van der Waals surface area (Å²) in [6.07, 6.45) is 5.80. The van der Waals surface area contributed by atoms with Crippen molar-refractivity contribution in [3.05, 3.63) is 0 Å². The molecule has 3 rings (SSSR count). The molecular formula is C19H35IN4O2. The summed E-state index contributed by atoms with van der Waals surface area (Å²) in [5, 5.41) is 3.44. The Morgan fingerprint density at radius 1 is 1.12 bits per heavy atom. The van der Waals surface area contributed by atoms with Crippen molar-refractivity contribution in [3.63, 3.8) is 0 Å². The van der Waals surface area contributed by atoms with Crippen molar-refractivity contribution in [1.82, 2.24) is 15.1 Å². The van der Waals surface area contributed by atoms with Crippen LogP contribution in [0.3, 0.4) is 0 Å². The van der Waals surface area contributed by atoms with Gasteiger partial charge in [0.2, 0.25) is 0 Å². The molecule has 3 fully saturated rings. The summed E-state index contributed by atoms with van der Waals surface area (Å²) in [6.45, 7) is 10.5. The minimum atomic E-state index is -0.0322. The second-order valence-electron chi connectivity index (χ2n) is 7.59. The number of hydrogen-bond acceptors (Lipinski definition) is 4. The van der Waals surface area contributed by atoms with Gasteiger partial charge in [0.15, 0.2) is 5.96 Å². The molecule has 1 aliphatic carbocycles. The number of hydrogen-bond donors (Lipinski definition) is 1. The fraction of sp³-hybridized carbons (Fsp3) is 0.895. The SMILES string of the molecule is CCNC(=NCC1CCN(C2CC2)C1)N1CCC(C(=O)OCC)CC1.I. The second-order valence-corrected chi connectivity index (χ2v) is 7.59. The molecule has 0 spiro atoms. The highest BCUT2D eigenvalue weighted by molar-refractivity contribution is 14.0. The Balaban J connectivity index is 0.00000243. The van der Waals surface area contributed by atoms with Crippen LogP contribution in [0.4, 0.5) is 0 Å². The van der Waals surface area contributed by atoms with Crippen LogP contribution >= 0.6 is 24.0 Å². The molecular weight excluding hydrogens is 443 g/mol.